The maximum atomic E-state index is 13.3. The van der Waals surface area contributed by atoms with Gasteiger partial charge in [-0.05, 0) is 88.1 Å². The van der Waals surface area contributed by atoms with Crippen LogP contribution in [-0.2, 0) is 28.5 Å². The Bertz CT molecular complexity index is 2280. The number of cyclic esters (lactones) is 1. The molecular weight excluding hydrogens is 1030 g/mol. The molecule has 0 amide bonds. The fraction of sp³-hybridized carbons (Fsp3) is 0.603. The van der Waals surface area contributed by atoms with E-state index in [2.05, 4.69) is 17.2 Å². The fourth-order valence-corrected chi connectivity index (χ4v) is 9.80. The molecule has 0 saturated carbocycles. The van der Waals surface area contributed by atoms with Crippen molar-refractivity contribution in [2.24, 2.45) is 23.5 Å². The zero-order valence-electron chi connectivity index (χ0n) is 45.1. The van der Waals surface area contributed by atoms with E-state index in [1.54, 1.807) is 105 Å². The van der Waals surface area contributed by atoms with Gasteiger partial charge in [0.05, 0.1) is 92.1 Å². The minimum absolute atomic E-state index is 0.111. The second-order valence-corrected chi connectivity index (χ2v) is 21.0. The van der Waals surface area contributed by atoms with E-state index in [0.717, 1.165) is 5.69 Å². The molecule has 0 spiro atoms. The Hall–Kier alpha value is -4.97. The summed E-state index contributed by atoms with van der Waals surface area (Å²) in [5.74, 6) is -1.25. The van der Waals surface area contributed by atoms with Crippen molar-refractivity contribution >= 4 is 23.4 Å². The lowest BCUT2D eigenvalue weighted by Crippen LogP contribution is -2.59. The smallest absolute Gasteiger partial charge is 0.311 e. The van der Waals surface area contributed by atoms with Gasteiger partial charge in [0.1, 0.15) is 18.1 Å². The van der Waals surface area contributed by atoms with Crippen molar-refractivity contribution in [3.05, 3.63) is 103 Å². The van der Waals surface area contributed by atoms with E-state index in [1.807, 2.05) is 6.92 Å². The Balaban J connectivity index is 1.53. The number of nitrogens with one attached hydrogen (secondary N) is 1. The molecule has 0 radical (unpaired) electrons. The third kappa shape index (κ3) is 23.6. The Morgan fingerprint density at radius 2 is 1.33 bits per heavy atom. The first-order valence-corrected chi connectivity index (χ1v) is 26.9. The molecule has 79 heavy (non-hydrogen) atoms. The van der Waals surface area contributed by atoms with Crippen molar-refractivity contribution in [3.8, 4) is 11.8 Å². The van der Waals surface area contributed by atoms with Crippen LogP contribution in [0.2, 0.25) is 0 Å². The highest BCUT2D eigenvalue weighted by molar-refractivity contribution is 5.96. The van der Waals surface area contributed by atoms with Gasteiger partial charge in [-0.3, -0.25) is 14.4 Å². The van der Waals surface area contributed by atoms with Gasteiger partial charge >= 0.3 is 11.9 Å². The first-order chi connectivity index (χ1) is 37.5. The lowest BCUT2D eigenvalue weighted by molar-refractivity contribution is -0.305. The van der Waals surface area contributed by atoms with Crippen molar-refractivity contribution in [1.29, 1.82) is 0 Å². The molecule has 19 atom stereocenters. The van der Waals surface area contributed by atoms with Crippen molar-refractivity contribution in [2.75, 3.05) is 19.0 Å². The van der Waals surface area contributed by atoms with E-state index in [1.165, 1.54) is 6.08 Å². The second-order valence-electron chi connectivity index (χ2n) is 21.0. The number of rotatable bonds is 11. The molecule has 4 rings (SSSR count). The normalized spacial score (nSPS) is 37.7. The van der Waals surface area contributed by atoms with Gasteiger partial charge in [0.25, 0.3) is 0 Å². The van der Waals surface area contributed by atoms with Crippen LogP contribution in [0.15, 0.2) is 97.2 Å². The topological polar surface area (TPSA) is 369 Å². The maximum Gasteiger partial charge on any atom is 0.311 e. The second kappa shape index (κ2) is 33.7. The molecule has 3 aliphatic heterocycles. The summed E-state index contributed by atoms with van der Waals surface area (Å²) in [6, 6.07) is 5.75. The number of aliphatic carboxylic acids is 1. The maximum absolute atomic E-state index is 13.3. The summed E-state index contributed by atoms with van der Waals surface area (Å²) < 4.78 is 23.4. The molecule has 2 bridgehead atoms. The summed E-state index contributed by atoms with van der Waals surface area (Å²) in [4.78, 5) is 38.7. The molecule has 0 aliphatic carbocycles. The Morgan fingerprint density at radius 3 is 1.91 bits per heavy atom. The predicted molar refractivity (Wildman–Crippen MR) is 290 cm³/mol. The van der Waals surface area contributed by atoms with Crippen molar-refractivity contribution in [1.82, 2.24) is 0 Å². The van der Waals surface area contributed by atoms with E-state index in [0.29, 0.717) is 12.0 Å². The molecule has 440 valence electrons. The zero-order valence-corrected chi connectivity index (χ0v) is 45.1. The van der Waals surface area contributed by atoms with Gasteiger partial charge in [-0.2, -0.15) is 0 Å². The molecule has 3 aliphatic rings. The summed E-state index contributed by atoms with van der Waals surface area (Å²) in [5, 5.41) is 133. The van der Waals surface area contributed by atoms with Crippen molar-refractivity contribution in [2.45, 2.75) is 188 Å². The number of ether oxygens (including phenoxy) is 4. The van der Waals surface area contributed by atoms with E-state index in [9.17, 15) is 75.7 Å². The first-order valence-electron chi connectivity index (χ1n) is 26.9. The number of carboxylic acids is 1. The van der Waals surface area contributed by atoms with Crippen LogP contribution in [0.3, 0.4) is 0 Å². The molecule has 21 nitrogen and oxygen atoms in total. The fourth-order valence-electron chi connectivity index (χ4n) is 9.80. The molecule has 15 N–H and O–H groups in total. The Kier molecular flexibility index (Phi) is 28.4. The van der Waals surface area contributed by atoms with Crippen LogP contribution in [0.25, 0.3) is 0 Å². The van der Waals surface area contributed by atoms with Crippen LogP contribution in [0.5, 0.6) is 0 Å². The van der Waals surface area contributed by atoms with Gasteiger partial charge < -0.3 is 91.3 Å². The highest BCUT2D eigenvalue weighted by Gasteiger charge is 2.50. The molecule has 0 aromatic heterocycles. The summed E-state index contributed by atoms with van der Waals surface area (Å²) in [7, 11) is 1.76. The van der Waals surface area contributed by atoms with Crippen LogP contribution >= 0.6 is 0 Å². The van der Waals surface area contributed by atoms with Crippen molar-refractivity contribution < 1.29 is 94.6 Å². The number of benzene rings is 1. The standard InChI is InChI=1S/C58H84N2O19/c1-35-16-14-12-10-8-6-4-5-7-9-11-13-15-17-46(77-57-54(72)53(59)49(70)34-76-57)31-50-52(56(73)74)48(69)33-58(75,79-50)32-45(67)28-43(65)26-41(63)24-40(62)25-42(64)27-44(66)30-51(71)78-55(35)36(2)18-23-39(61)29-47(68)37-19-21-38(60-3)22-20-37/h4-13,15,17,19-22,35-36,39-46,48-50,52-55,57,60-67,69-70,72,75H,18,23-34,59H2,1-3H3,(H,73,74)/b5-4-,8-6-,9-7-,12-10-,13-11-,17-15-/t35?,36?,39?,40?,41?,42?,43?,44?,45?,46?,48?,49-,50?,52?,53+,54+,55?,57?,58?/m1/s1. The van der Waals surface area contributed by atoms with Crippen LogP contribution in [0.4, 0.5) is 5.69 Å². The van der Waals surface area contributed by atoms with Gasteiger partial charge in [-0.1, -0.05) is 85.6 Å². The van der Waals surface area contributed by atoms with Crippen LogP contribution < -0.4 is 11.1 Å². The van der Waals surface area contributed by atoms with E-state index < -0.39 is 147 Å². The van der Waals surface area contributed by atoms with Gasteiger partial charge in [-0.15, -0.1) is 0 Å². The third-order valence-electron chi connectivity index (χ3n) is 14.0. The number of carboxylic acid groups (broad SMARTS) is 1. The molecule has 2 saturated heterocycles. The number of esters is 1. The van der Waals surface area contributed by atoms with E-state index >= 15 is 0 Å². The number of nitrogens with two attached hydrogens (primary N) is 1. The number of Topliss-reactive ketones (excluding diaryl/α,β-unsaturated/α-hetero) is 1. The molecular formula is C58H84N2O19. The van der Waals surface area contributed by atoms with Crippen LogP contribution in [-0.4, -0.2) is 190 Å². The van der Waals surface area contributed by atoms with Gasteiger partial charge in [0.15, 0.2) is 17.9 Å². The summed E-state index contributed by atoms with van der Waals surface area (Å²) in [6.45, 7) is 3.32. The third-order valence-corrected chi connectivity index (χ3v) is 14.0. The number of carbonyl (C=O) groups is 3. The van der Waals surface area contributed by atoms with Crippen molar-refractivity contribution in [3.63, 3.8) is 0 Å². The molecule has 16 unspecified atom stereocenters. The average Bonchev–Trinajstić information content (AvgIpc) is 3.36. The number of hydrogen-bond donors (Lipinski definition) is 14. The first kappa shape index (κ1) is 66.5. The van der Waals surface area contributed by atoms with Crippen LogP contribution in [0.1, 0.15) is 101 Å². The lowest BCUT2D eigenvalue weighted by Gasteiger charge is -2.45. The van der Waals surface area contributed by atoms with E-state index in [-0.39, 0.29) is 63.3 Å². The average molecular weight is 1110 g/mol. The number of aliphatic hydroxyl groups is 11. The Labute approximate surface area is 462 Å². The van der Waals surface area contributed by atoms with Gasteiger partial charge in [0.2, 0.25) is 0 Å². The highest BCUT2D eigenvalue weighted by atomic mass is 16.7. The van der Waals surface area contributed by atoms with E-state index in [4.69, 9.17) is 24.7 Å². The molecule has 3 heterocycles. The molecule has 21 heteroatoms. The quantitative estimate of drug-likeness (QED) is 0.0850. The lowest BCUT2D eigenvalue weighted by atomic mass is 9.82. The predicted octanol–water partition coefficient (Wildman–Crippen LogP) is 1.60. The zero-order chi connectivity index (χ0) is 58.2. The summed E-state index contributed by atoms with van der Waals surface area (Å²) in [6.07, 6.45) is -1.85. The largest absolute Gasteiger partial charge is 0.481 e. The number of aliphatic hydroxyl groups excluding tert-OH is 10. The summed E-state index contributed by atoms with van der Waals surface area (Å²) in [5.41, 5.74) is 7.25. The van der Waals surface area contributed by atoms with Crippen LogP contribution in [0, 0.1) is 29.6 Å². The monoisotopic (exact) mass is 1110 g/mol. The molecule has 1 aromatic rings. The minimum atomic E-state index is -2.33. The SMILES string of the molecule is CNc1ccc(C(=O)CC(O)CCC(C)C2OC(=O)CC(O)CC(O)CC(O)CC(O)CC(O)CC(O)CC3(O)CC(O)C(C(=O)O)C(CC(OC4OC[C@@H](O)[C@H](N)[C@@H]4O)\C=C/C=C\C=C/C=C\C=C/C=C\C#CC2C)O3)cc1. The number of allylic oxidation sites excluding steroid dienone is 11. The summed E-state index contributed by atoms with van der Waals surface area (Å²) >= 11 is 0. The highest BCUT2D eigenvalue weighted by Crippen LogP contribution is 2.38. The minimum Gasteiger partial charge on any atom is -0.481 e. The number of carbonyl (C=O) groups excluding carboxylic acids is 2. The van der Waals surface area contributed by atoms with Gasteiger partial charge in [-0.25, -0.2) is 0 Å². The number of fused-ring (bicyclic) bond motifs is 2. The Morgan fingerprint density at radius 1 is 0.772 bits per heavy atom. The van der Waals surface area contributed by atoms with Gasteiger partial charge in [0, 0.05) is 44.0 Å². The molecule has 1 aromatic carbocycles. The number of ketones is 1. The molecule has 2 fully saturated rings. The number of anilines is 1. The number of hydrogen-bond acceptors (Lipinski definition) is 20.